The van der Waals surface area contributed by atoms with Gasteiger partial charge in [0.05, 0.1) is 6.42 Å². The molecule has 1 N–H and O–H groups in total. The molecule has 1 aromatic rings. The lowest BCUT2D eigenvalue weighted by Crippen LogP contribution is -2.31. The average molecular weight is 266 g/mol. The van der Waals surface area contributed by atoms with E-state index in [0.717, 1.165) is 5.56 Å². The predicted molar refractivity (Wildman–Crippen MR) is 69.9 cm³/mol. The van der Waals surface area contributed by atoms with Crippen LogP contribution in [0.15, 0.2) is 23.1 Å². The summed E-state index contributed by atoms with van der Waals surface area (Å²) < 4.78 is 1.48. The van der Waals surface area contributed by atoms with Gasteiger partial charge in [-0.15, -0.1) is 0 Å². The first-order chi connectivity index (χ1) is 8.90. The van der Waals surface area contributed by atoms with Gasteiger partial charge < -0.3 is 14.6 Å². The van der Waals surface area contributed by atoms with Crippen molar-refractivity contribution in [3.63, 3.8) is 0 Å². The molecule has 0 aliphatic carbocycles. The lowest BCUT2D eigenvalue weighted by atomic mass is 10.3. The van der Waals surface area contributed by atoms with Crippen molar-refractivity contribution in [1.29, 1.82) is 0 Å². The normalized spacial score (nSPS) is 10.2. The first kappa shape index (κ1) is 14.9. The Morgan fingerprint density at radius 2 is 2.00 bits per heavy atom. The molecule has 6 nitrogen and oxygen atoms in total. The summed E-state index contributed by atoms with van der Waals surface area (Å²) in [7, 11) is 1.56. The van der Waals surface area contributed by atoms with E-state index >= 15 is 0 Å². The van der Waals surface area contributed by atoms with Crippen molar-refractivity contribution in [1.82, 2.24) is 9.47 Å². The zero-order chi connectivity index (χ0) is 14.4. The third-order valence-electron chi connectivity index (χ3n) is 2.78. The van der Waals surface area contributed by atoms with Gasteiger partial charge in [0, 0.05) is 38.8 Å². The minimum absolute atomic E-state index is 0.0768. The minimum Gasteiger partial charge on any atom is -0.481 e. The Hall–Kier alpha value is -2.11. The van der Waals surface area contributed by atoms with Crippen molar-refractivity contribution >= 4 is 11.9 Å². The van der Waals surface area contributed by atoms with Crippen LogP contribution in [0.1, 0.15) is 18.4 Å². The summed E-state index contributed by atoms with van der Waals surface area (Å²) in [6.45, 7) is 2.35. The van der Waals surface area contributed by atoms with Crippen molar-refractivity contribution in [2.75, 3.05) is 13.6 Å². The second-order valence-corrected chi connectivity index (χ2v) is 4.45. The van der Waals surface area contributed by atoms with Crippen molar-refractivity contribution in [2.24, 2.45) is 0 Å². The zero-order valence-electron chi connectivity index (χ0n) is 11.1. The summed E-state index contributed by atoms with van der Waals surface area (Å²) in [5, 5.41) is 8.54. The minimum atomic E-state index is -0.936. The number of aliphatic carboxylic acids is 1. The molecule has 0 saturated heterocycles. The topological polar surface area (TPSA) is 79.6 Å². The number of aryl methyl sites for hydroxylation is 2. The van der Waals surface area contributed by atoms with E-state index in [1.165, 1.54) is 15.5 Å². The van der Waals surface area contributed by atoms with Gasteiger partial charge in [-0.05, 0) is 12.5 Å². The molecule has 0 spiro atoms. The lowest BCUT2D eigenvalue weighted by molar-refractivity contribution is -0.138. The summed E-state index contributed by atoms with van der Waals surface area (Å²) in [5.41, 5.74) is 0.804. The summed E-state index contributed by atoms with van der Waals surface area (Å²) in [5.74, 6) is -1.11. The van der Waals surface area contributed by atoms with Crippen LogP contribution in [0.4, 0.5) is 0 Å². The molecule has 1 rings (SSSR count). The number of hydrogen-bond acceptors (Lipinski definition) is 3. The van der Waals surface area contributed by atoms with Crippen LogP contribution >= 0.6 is 0 Å². The number of amides is 1. The number of pyridine rings is 1. The Kier molecular flexibility index (Phi) is 5.29. The van der Waals surface area contributed by atoms with Gasteiger partial charge in [-0.1, -0.05) is 6.07 Å². The lowest BCUT2D eigenvalue weighted by Gasteiger charge is -2.16. The number of hydrogen-bond donors (Lipinski definition) is 1. The largest absolute Gasteiger partial charge is 0.481 e. The maximum Gasteiger partial charge on any atom is 0.305 e. The number of rotatable bonds is 6. The van der Waals surface area contributed by atoms with Crippen LogP contribution in [0.5, 0.6) is 0 Å². The molecule has 0 aliphatic rings. The van der Waals surface area contributed by atoms with Gasteiger partial charge in [-0.3, -0.25) is 14.4 Å². The Bertz CT molecular complexity index is 522. The fourth-order valence-electron chi connectivity index (χ4n) is 1.62. The number of carbonyl (C=O) groups excluding carboxylic acids is 1. The monoisotopic (exact) mass is 266 g/mol. The van der Waals surface area contributed by atoms with Crippen LogP contribution in [0, 0.1) is 6.92 Å². The molecule has 0 saturated carbocycles. The first-order valence-corrected chi connectivity index (χ1v) is 6.03. The van der Waals surface area contributed by atoms with E-state index in [1.54, 1.807) is 19.3 Å². The Labute approximate surface area is 111 Å². The van der Waals surface area contributed by atoms with E-state index < -0.39 is 5.97 Å². The SMILES string of the molecule is Cc1ccc(=O)n(CCC(=O)N(C)CCC(=O)O)c1. The zero-order valence-corrected chi connectivity index (χ0v) is 11.1. The highest BCUT2D eigenvalue weighted by atomic mass is 16.4. The van der Waals surface area contributed by atoms with Crippen LogP contribution in [-0.2, 0) is 16.1 Å². The molecule has 1 aromatic heterocycles. The first-order valence-electron chi connectivity index (χ1n) is 6.03. The molecule has 6 heteroatoms. The molecule has 0 radical (unpaired) electrons. The number of carboxylic acid groups (broad SMARTS) is 1. The molecule has 1 heterocycles. The number of carbonyl (C=O) groups is 2. The molecule has 19 heavy (non-hydrogen) atoms. The van der Waals surface area contributed by atoms with Gasteiger partial charge >= 0.3 is 5.97 Å². The van der Waals surface area contributed by atoms with E-state index in [0.29, 0.717) is 6.54 Å². The number of nitrogens with zero attached hydrogens (tertiary/aromatic N) is 2. The highest BCUT2D eigenvalue weighted by Gasteiger charge is 2.10. The molecule has 0 unspecified atom stereocenters. The van der Waals surface area contributed by atoms with E-state index in [2.05, 4.69) is 0 Å². The smallest absolute Gasteiger partial charge is 0.305 e. The third kappa shape index (κ3) is 4.95. The fraction of sp³-hybridized carbons (Fsp3) is 0.462. The standard InChI is InChI=1S/C13H18N2O4/c1-10-3-4-12(17)15(9-10)8-5-11(16)14(2)7-6-13(18)19/h3-4,9H,5-8H2,1-2H3,(H,18,19). The van der Waals surface area contributed by atoms with Crippen molar-refractivity contribution in [3.8, 4) is 0 Å². The number of carboxylic acids is 1. The van der Waals surface area contributed by atoms with E-state index in [4.69, 9.17) is 5.11 Å². The van der Waals surface area contributed by atoms with Crippen LogP contribution in [0.3, 0.4) is 0 Å². The molecular weight excluding hydrogens is 248 g/mol. The van der Waals surface area contributed by atoms with Crippen molar-refractivity contribution in [2.45, 2.75) is 26.3 Å². The molecule has 104 valence electrons. The van der Waals surface area contributed by atoms with Gasteiger partial charge in [0.1, 0.15) is 0 Å². The van der Waals surface area contributed by atoms with Gasteiger partial charge in [0.25, 0.3) is 5.56 Å². The van der Waals surface area contributed by atoms with Gasteiger partial charge in [-0.25, -0.2) is 0 Å². The van der Waals surface area contributed by atoms with Gasteiger partial charge in [0.15, 0.2) is 0 Å². The molecule has 0 atom stereocenters. The van der Waals surface area contributed by atoms with Gasteiger partial charge in [-0.2, -0.15) is 0 Å². The summed E-state index contributed by atoms with van der Waals surface area (Å²) >= 11 is 0. The number of aromatic nitrogens is 1. The maximum atomic E-state index is 11.7. The second-order valence-electron chi connectivity index (χ2n) is 4.45. The van der Waals surface area contributed by atoms with Crippen LogP contribution in [0.2, 0.25) is 0 Å². The summed E-state index contributed by atoms with van der Waals surface area (Å²) in [4.78, 5) is 35.0. The van der Waals surface area contributed by atoms with E-state index in [-0.39, 0.29) is 30.9 Å². The molecule has 0 fully saturated rings. The molecule has 1 amide bonds. The van der Waals surface area contributed by atoms with E-state index in [9.17, 15) is 14.4 Å². The van der Waals surface area contributed by atoms with Crippen LogP contribution < -0.4 is 5.56 Å². The Morgan fingerprint density at radius 3 is 2.63 bits per heavy atom. The Morgan fingerprint density at radius 1 is 1.32 bits per heavy atom. The fourth-order valence-corrected chi connectivity index (χ4v) is 1.62. The van der Waals surface area contributed by atoms with Crippen LogP contribution in [0.25, 0.3) is 0 Å². The maximum absolute atomic E-state index is 11.7. The predicted octanol–water partition coefficient (Wildman–Crippen LogP) is 0.480. The Balaban J connectivity index is 2.52. The summed E-state index contributed by atoms with van der Waals surface area (Å²) in [6.07, 6.45) is 1.80. The highest BCUT2D eigenvalue weighted by molar-refractivity contribution is 5.76. The van der Waals surface area contributed by atoms with Gasteiger partial charge in [0.2, 0.25) is 5.91 Å². The molecule has 0 aliphatic heterocycles. The van der Waals surface area contributed by atoms with Crippen molar-refractivity contribution < 1.29 is 14.7 Å². The molecule has 0 aromatic carbocycles. The quantitative estimate of drug-likeness (QED) is 0.812. The van der Waals surface area contributed by atoms with E-state index in [1.807, 2.05) is 6.92 Å². The average Bonchev–Trinajstić information content (AvgIpc) is 2.36. The second kappa shape index (κ2) is 6.72. The third-order valence-corrected chi connectivity index (χ3v) is 2.78. The van der Waals surface area contributed by atoms with Crippen molar-refractivity contribution in [3.05, 3.63) is 34.2 Å². The van der Waals surface area contributed by atoms with Crippen LogP contribution in [-0.4, -0.2) is 40.0 Å². The summed E-state index contributed by atoms with van der Waals surface area (Å²) in [6, 6.07) is 3.19. The molecular formula is C13H18N2O4. The molecule has 0 bridgehead atoms. The highest BCUT2D eigenvalue weighted by Crippen LogP contribution is 1.98.